The molecule has 3 rings (SSSR count). The second-order valence-electron chi connectivity index (χ2n) is 5.85. The Kier molecular flexibility index (Phi) is 4.44. The van der Waals surface area contributed by atoms with Crippen molar-refractivity contribution in [3.05, 3.63) is 63.3 Å². The monoisotopic (exact) mass is 330 g/mol. The van der Waals surface area contributed by atoms with Crippen LogP contribution in [0.1, 0.15) is 29.8 Å². The van der Waals surface area contributed by atoms with E-state index in [1.807, 2.05) is 11.8 Å². The van der Waals surface area contributed by atoms with E-state index in [1.165, 1.54) is 16.8 Å². The number of primary amides is 1. The van der Waals surface area contributed by atoms with Gasteiger partial charge < -0.3 is 5.73 Å². The number of halogens is 1. The third kappa shape index (κ3) is 3.07. The fourth-order valence-corrected chi connectivity index (χ4v) is 3.11. The maximum atomic E-state index is 13.1. The fraction of sp³-hybridized carbons (Fsp3) is 0.353. The van der Waals surface area contributed by atoms with Crippen LogP contribution >= 0.6 is 0 Å². The van der Waals surface area contributed by atoms with Crippen LogP contribution in [-0.2, 0) is 24.3 Å². The summed E-state index contributed by atoms with van der Waals surface area (Å²) in [6.07, 6.45) is 0.626. The molecule has 2 N–H and O–H groups in total. The Labute approximate surface area is 138 Å². The molecule has 6 nitrogen and oxygen atoms in total. The number of rotatable bonds is 4. The van der Waals surface area contributed by atoms with Gasteiger partial charge in [-0.25, -0.2) is 9.07 Å². The van der Waals surface area contributed by atoms with Crippen LogP contribution < -0.4 is 11.3 Å². The van der Waals surface area contributed by atoms with Crippen LogP contribution in [0, 0.1) is 5.82 Å². The standard InChI is InChI=1S/C17H19FN4O2/c1-2-22-15(23)9-12-10-21(8-7-14(12)20-22)16(17(19)24)11-3-5-13(18)6-4-11/h3-6,9,16H,2,7-8,10H2,1H3,(H2,19,24). The average Bonchev–Trinajstić information content (AvgIpc) is 2.56. The lowest BCUT2D eigenvalue weighted by Gasteiger charge is -2.33. The number of nitrogens with two attached hydrogens (primary N) is 1. The zero-order chi connectivity index (χ0) is 17.3. The summed E-state index contributed by atoms with van der Waals surface area (Å²) in [7, 11) is 0. The molecule has 1 unspecified atom stereocenters. The summed E-state index contributed by atoms with van der Waals surface area (Å²) in [5, 5.41) is 4.37. The number of nitrogens with zero attached hydrogens (tertiary/aromatic N) is 3. The highest BCUT2D eigenvalue weighted by Crippen LogP contribution is 2.26. The second-order valence-corrected chi connectivity index (χ2v) is 5.85. The molecule has 2 heterocycles. The lowest BCUT2D eigenvalue weighted by molar-refractivity contribution is -0.123. The minimum absolute atomic E-state index is 0.157. The summed E-state index contributed by atoms with van der Waals surface area (Å²) in [5.74, 6) is -0.866. The first-order valence-corrected chi connectivity index (χ1v) is 7.88. The van der Waals surface area contributed by atoms with Gasteiger partial charge in [0.1, 0.15) is 11.9 Å². The van der Waals surface area contributed by atoms with Crippen molar-refractivity contribution in [2.75, 3.05) is 6.54 Å². The molecule has 0 bridgehead atoms. The summed E-state index contributed by atoms with van der Waals surface area (Å²) >= 11 is 0. The van der Waals surface area contributed by atoms with Gasteiger partial charge in [0.15, 0.2) is 0 Å². The van der Waals surface area contributed by atoms with Gasteiger partial charge in [-0.2, -0.15) is 5.10 Å². The number of aromatic nitrogens is 2. The van der Waals surface area contributed by atoms with E-state index in [1.54, 1.807) is 18.2 Å². The molecule has 2 aromatic rings. The van der Waals surface area contributed by atoms with Gasteiger partial charge in [0.25, 0.3) is 5.56 Å². The van der Waals surface area contributed by atoms with Crippen LogP contribution in [0.4, 0.5) is 4.39 Å². The average molecular weight is 330 g/mol. The Bertz CT molecular complexity index is 816. The third-order valence-electron chi connectivity index (χ3n) is 4.29. The molecule has 0 saturated carbocycles. The summed E-state index contributed by atoms with van der Waals surface area (Å²) in [5.41, 5.74) is 7.74. The Morgan fingerprint density at radius 3 is 2.71 bits per heavy atom. The Balaban J connectivity index is 1.92. The van der Waals surface area contributed by atoms with Gasteiger partial charge in [0, 0.05) is 32.1 Å². The quantitative estimate of drug-likeness (QED) is 0.906. The summed E-state index contributed by atoms with van der Waals surface area (Å²) < 4.78 is 14.6. The highest BCUT2D eigenvalue weighted by Gasteiger charge is 2.29. The van der Waals surface area contributed by atoms with Gasteiger partial charge in [-0.1, -0.05) is 12.1 Å². The molecule has 1 amide bonds. The molecule has 1 atom stereocenters. The number of aryl methyl sites for hydroxylation is 1. The number of benzene rings is 1. The van der Waals surface area contributed by atoms with Gasteiger partial charge in [-0.05, 0) is 30.2 Å². The molecule has 1 aliphatic rings. The Hall–Kier alpha value is -2.54. The van der Waals surface area contributed by atoms with E-state index in [-0.39, 0.29) is 11.4 Å². The van der Waals surface area contributed by atoms with Crippen molar-refractivity contribution in [3.8, 4) is 0 Å². The lowest BCUT2D eigenvalue weighted by Crippen LogP contribution is -2.42. The van der Waals surface area contributed by atoms with Gasteiger partial charge in [0.05, 0.1) is 5.69 Å². The van der Waals surface area contributed by atoms with Crippen LogP contribution in [0.3, 0.4) is 0 Å². The van der Waals surface area contributed by atoms with Gasteiger partial charge in [-0.3, -0.25) is 14.5 Å². The topological polar surface area (TPSA) is 81.2 Å². The van der Waals surface area contributed by atoms with E-state index >= 15 is 0 Å². The summed E-state index contributed by atoms with van der Waals surface area (Å²) in [6, 6.07) is 6.66. The first-order valence-electron chi connectivity index (χ1n) is 7.88. The molecule has 7 heteroatoms. The van der Waals surface area contributed by atoms with Crippen LogP contribution in [0.2, 0.25) is 0 Å². The zero-order valence-electron chi connectivity index (χ0n) is 13.4. The molecular weight excluding hydrogens is 311 g/mol. The summed E-state index contributed by atoms with van der Waals surface area (Å²) in [4.78, 5) is 25.9. The van der Waals surface area contributed by atoms with E-state index in [9.17, 15) is 14.0 Å². The van der Waals surface area contributed by atoms with Crippen LogP contribution in [0.25, 0.3) is 0 Å². The maximum Gasteiger partial charge on any atom is 0.267 e. The van der Waals surface area contributed by atoms with Crippen LogP contribution in [0.15, 0.2) is 35.1 Å². The van der Waals surface area contributed by atoms with E-state index in [2.05, 4.69) is 5.10 Å². The Morgan fingerprint density at radius 2 is 2.08 bits per heavy atom. The van der Waals surface area contributed by atoms with E-state index in [0.29, 0.717) is 31.6 Å². The number of carbonyl (C=O) groups excluding carboxylic acids is 1. The predicted octanol–water partition coefficient (Wildman–Crippen LogP) is 0.987. The second kappa shape index (κ2) is 6.52. The minimum Gasteiger partial charge on any atom is -0.368 e. The van der Waals surface area contributed by atoms with E-state index < -0.39 is 11.9 Å². The molecule has 0 radical (unpaired) electrons. The molecule has 126 valence electrons. The number of fused-ring (bicyclic) bond motifs is 1. The number of carbonyl (C=O) groups is 1. The Morgan fingerprint density at radius 1 is 1.38 bits per heavy atom. The van der Waals surface area contributed by atoms with Crippen molar-refractivity contribution in [3.63, 3.8) is 0 Å². The van der Waals surface area contributed by atoms with Crippen molar-refractivity contribution in [1.29, 1.82) is 0 Å². The number of amides is 1. The smallest absolute Gasteiger partial charge is 0.267 e. The normalized spacial score (nSPS) is 15.8. The van der Waals surface area contributed by atoms with Crippen molar-refractivity contribution in [2.45, 2.75) is 32.5 Å². The lowest BCUT2D eigenvalue weighted by atomic mass is 9.99. The molecule has 0 saturated heterocycles. The fourth-order valence-electron chi connectivity index (χ4n) is 3.11. The summed E-state index contributed by atoms with van der Waals surface area (Å²) in [6.45, 7) is 3.39. The zero-order valence-corrected chi connectivity index (χ0v) is 13.4. The molecular formula is C17H19FN4O2. The van der Waals surface area contributed by atoms with Crippen molar-refractivity contribution in [1.82, 2.24) is 14.7 Å². The highest BCUT2D eigenvalue weighted by atomic mass is 19.1. The number of hydrogen-bond acceptors (Lipinski definition) is 4. The SMILES string of the molecule is CCn1nc2c(cc1=O)CN(C(C(N)=O)c1ccc(F)cc1)CC2. The molecule has 24 heavy (non-hydrogen) atoms. The van der Waals surface area contributed by atoms with Gasteiger partial charge in [-0.15, -0.1) is 0 Å². The molecule has 0 spiro atoms. The maximum absolute atomic E-state index is 13.1. The van der Waals surface area contributed by atoms with Crippen molar-refractivity contribution >= 4 is 5.91 Å². The molecule has 0 fully saturated rings. The number of hydrogen-bond donors (Lipinski definition) is 1. The van der Waals surface area contributed by atoms with Crippen LogP contribution in [0.5, 0.6) is 0 Å². The molecule has 1 aromatic carbocycles. The predicted molar refractivity (Wildman–Crippen MR) is 86.6 cm³/mol. The molecule has 1 aliphatic heterocycles. The van der Waals surface area contributed by atoms with E-state index in [4.69, 9.17) is 5.73 Å². The van der Waals surface area contributed by atoms with Crippen molar-refractivity contribution in [2.24, 2.45) is 5.73 Å². The first-order chi connectivity index (χ1) is 11.5. The van der Waals surface area contributed by atoms with Crippen LogP contribution in [-0.4, -0.2) is 27.1 Å². The highest BCUT2D eigenvalue weighted by molar-refractivity contribution is 5.81. The van der Waals surface area contributed by atoms with Crippen molar-refractivity contribution < 1.29 is 9.18 Å². The minimum atomic E-state index is -0.660. The van der Waals surface area contributed by atoms with Gasteiger partial charge in [0.2, 0.25) is 5.91 Å². The molecule has 1 aromatic heterocycles. The third-order valence-corrected chi connectivity index (χ3v) is 4.29. The van der Waals surface area contributed by atoms with Gasteiger partial charge >= 0.3 is 0 Å². The molecule has 0 aliphatic carbocycles. The largest absolute Gasteiger partial charge is 0.368 e. The first kappa shape index (κ1) is 16.3. The van der Waals surface area contributed by atoms with E-state index in [0.717, 1.165) is 11.3 Å².